The van der Waals surface area contributed by atoms with E-state index in [9.17, 15) is 9.59 Å². The Kier molecular flexibility index (Phi) is 3.57. The summed E-state index contributed by atoms with van der Waals surface area (Å²) in [6.07, 6.45) is 0.837. The Bertz CT molecular complexity index is 502. The van der Waals surface area contributed by atoms with Crippen LogP contribution in [0, 0.1) is 0 Å². The average molecular weight is 267 g/mol. The van der Waals surface area contributed by atoms with E-state index < -0.39 is 6.04 Å². The molecule has 4 nitrogen and oxygen atoms in total. The summed E-state index contributed by atoms with van der Waals surface area (Å²) in [6, 6.07) is 4.77. The van der Waals surface area contributed by atoms with Gasteiger partial charge in [0.2, 0.25) is 5.91 Å². The van der Waals surface area contributed by atoms with Crippen LogP contribution in [0.2, 0.25) is 5.02 Å². The zero-order valence-corrected chi connectivity index (χ0v) is 11.1. The Hall–Kier alpha value is -1.55. The first-order valence-corrected chi connectivity index (χ1v) is 6.31. The highest BCUT2D eigenvalue weighted by Crippen LogP contribution is 2.40. The second-order valence-electron chi connectivity index (χ2n) is 4.30. The molecule has 0 aromatic heterocycles. The number of hydrogen-bond donors (Lipinski definition) is 1. The topological polar surface area (TPSA) is 49.4 Å². The quantitative estimate of drug-likeness (QED) is 0.912. The lowest BCUT2D eigenvalue weighted by Crippen LogP contribution is -2.36. The van der Waals surface area contributed by atoms with E-state index in [2.05, 4.69) is 5.32 Å². The standard InChI is InChI=1S/C13H15ClN2O2/c1-3-7-16-12-9(5-4-6-10(12)14)11(13(16)18)15-8(2)17/h4-6,11H,3,7H2,1-2H3,(H,15,17)/t11-/m0/s1. The fraction of sp³-hybridized carbons (Fsp3) is 0.385. The number of rotatable bonds is 3. The number of carbonyl (C=O) groups is 2. The Balaban J connectivity index is 2.46. The number of anilines is 1. The van der Waals surface area contributed by atoms with Gasteiger partial charge in [-0.15, -0.1) is 0 Å². The van der Waals surface area contributed by atoms with Crippen LogP contribution in [0.3, 0.4) is 0 Å². The fourth-order valence-corrected chi connectivity index (χ4v) is 2.52. The Morgan fingerprint density at radius 1 is 1.50 bits per heavy atom. The van der Waals surface area contributed by atoms with Gasteiger partial charge in [-0.05, 0) is 12.5 Å². The van der Waals surface area contributed by atoms with Gasteiger partial charge in [0.1, 0.15) is 6.04 Å². The van der Waals surface area contributed by atoms with E-state index >= 15 is 0 Å². The molecule has 1 aliphatic rings. The maximum Gasteiger partial charge on any atom is 0.254 e. The molecule has 1 aliphatic heterocycles. The third-order valence-electron chi connectivity index (χ3n) is 2.91. The molecule has 96 valence electrons. The molecule has 0 saturated carbocycles. The van der Waals surface area contributed by atoms with Gasteiger partial charge in [-0.25, -0.2) is 0 Å². The van der Waals surface area contributed by atoms with E-state index in [1.54, 1.807) is 17.0 Å². The van der Waals surface area contributed by atoms with Crippen molar-refractivity contribution in [3.63, 3.8) is 0 Å². The Morgan fingerprint density at radius 2 is 2.22 bits per heavy atom. The van der Waals surface area contributed by atoms with Crippen molar-refractivity contribution in [3.05, 3.63) is 28.8 Å². The normalized spacial score (nSPS) is 17.8. The van der Waals surface area contributed by atoms with Gasteiger partial charge < -0.3 is 10.2 Å². The first-order valence-electron chi connectivity index (χ1n) is 5.93. The Labute approximate surface area is 111 Å². The van der Waals surface area contributed by atoms with Crippen LogP contribution in [0.15, 0.2) is 18.2 Å². The van der Waals surface area contributed by atoms with Crippen molar-refractivity contribution in [2.45, 2.75) is 26.3 Å². The molecule has 1 N–H and O–H groups in total. The van der Waals surface area contributed by atoms with Gasteiger partial charge in [0, 0.05) is 19.0 Å². The lowest BCUT2D eigenvalue weighted by Gasteiger charge is -2.17. The monoisotopic (exact) mass is 266 g/mol. The van der Waals surface area contributed by atoms with Crippen molar-refractivity contribution >= 4 is 29.1 Å². The van der Waals surface area contributed by atoms with Crippen LogP contribution >= 0.6 is 11.6 Å². The highest BCUT2D eigenvalue weighted by Gasteiger charge is 2.38. The largest absolute Gasteiger partial charge is 0.341 e. The fourth-order valence-electron chi connectivity index (χ4n) is 2.24. The predicted molar refractivity (Wildman–Crippen MR) is 70.7 cm³/mol. The summed E-state index contributed by atoms with van der Waals surface area (Å²) in [7, 11) is 0. The number of benzene rings is 1. The van der Waals surface area contributed by atoms with Gasteiger partial charge in [0.25, 0.3) is 5.91 Å². The second-order valence-corrected chi connectivity index (χ2v) is 4.71. The van der Waals surface area contributed by atoms with Crippen molar-refractivity contribution in [1.29, 1.82) is 0 Å². The minimum atomic E-state index is -0.609. The number of halogens is 1. The maximum absolute atomic E-state index is 12.3. The zero-order chi connectivity index (χ0) is 13.3. The van der Waals surface area contributed by atoms with Gasteiger partial charge in [0.05, 0.1) is 10.7 Å². The summed E-state index contributed by atoms with van der Waals surface area (Å²) in [6.45, 7) is 4.00. The van der Waals surface area contributed by atoms with Crippen molar-refractivity contribution in [2.24, 2.45) is 0 Å². The van der Waals surface area contributed by atoms with Gasteiger partial charge in [0.15, 0.2) is 0 Å². The molecule has 0 fully saturated rings. The van der Waals surface area contributed by atoms with Crippen molar-refractivity contribution < 1.29 is 9.59 Å². The third-order valence-corrected chi connectivity index (χ3v) is 3.21. The summed E-state index contributed by atoms with van der Waals surface area (Å²) in [5.41, 5.74) is 1.50. The van der Waals surface area contributed by atoms with Crippen molar-refractivity contribution in [3.8, 4) is 0 Å². The predicted octanol–water partition coefficient (Wildman–Crippen LogP) is 2.27. The second kappa shape index (κ2) is 4.98. The van der Waals surface area contributed by atoms with Crippen LogP contribution in [0.25, 0.3) is 0 Å². The summed E-state index contributed by atoms with van der Waals surface area (Å²) in [5, 5.41) is 3.22. The molecule has 0 aliphatic carbocycles. The molecule has 1 atom stereocenters. The van der Waals surface area contributed by atoms with Crippen LogP contribution in [-0.2, 0) is 9.59 Å². The maximum atomic E-state index is 12.3. The van der Waals surface area contributed by atoms with E-state index in [1.165, 1.54) is 6.92 Å². The van der Waals surface area contributed by atoms with Crippen LogP contribution in [0.1, 0.15) is 31.9 Å². The van der Waals surface area contributed by atoms with Gasteiger partial charge in [-0.2, -0.15) is 0 Å². The molecule has 0 bridgehead atoms. The molecular weight excluding hydrogens is 252 g/mol. The molecule has 1 aromatic rings. The number of nitrogens with zero attached hydrogens (tertiary/aromatic N) is 1. The van der Waals surface area contributed by atoms with Gasteiger partial charge in [-0.1, -0.05) is 30.7 Å². The van der Waals surface area contributed by atoms with Crippen LogP contribution in [0.5, 0.6) is 0 Å². The van der Waals surface area contributed by atoms with Gasteiger partial charge in [-0.3, -0.25) is 9.59 Å². The first-order chi connectivity index (χ1) is 8.56. The molecule has 1 heterocycles. The number of amides is 2. The van der Waals surface area contributed by atoms with E-state index in [-0.39, 0.29) is 11.8 Å². The van der Waals surface area contributed by atoms with Crippen molar-refractivity contribution in [2.75, 3.05) is 11.4 Å². The molecule has 0 saturated heterocycles. The molecule has 2 rings (SSSR count). The van der Waals surface area contributed by atoms with Crippen molar-refractivity contribution in [1.82, 2.24) is 5.32 Å². The molecule has 5 heteroatoms. The molecule has 18 heavy (non-hydrogen) atoms. The Morgan fingerprint density at radius 3 is 2.83 bits per heavy atom. The highest BCUT2D eigenvalue weighted by atomic mass is 35.5. The third kappa shape index (κ3) is 2.08. The molecule has 2 amide bonds. The number of hydrogen-bond acceptors (Lipinski definition) is 2. The minimum absolute atomic E-state index is 0.116. The minimum Gasteiger partial charge on any atom is -0.341 e. The molecular formula is C13H15ClN2O2. The van der Waals surface area contributed by atoms with Crippen LogP contribution < -0.4 is 10.2 Å². The summed E-state index contributed by atoms with van der Waals surface area (Å²) in [4.78, 5) is 25.1. The SMILES string of the molecule is CCCN1C(=O)[C@@H](NC(C)=O)c2cccc(Cl)c21. The smallest absolute Gasteiger partial charge is 0.254 e. The summed E-state index contributed by atoms with van der Waals surface area (Å²) < 4.78 is 0. The number of nitrogens with one attached hydrogen (secondary N) is 1. The zero-order valence-electron chi connectivity index (χ0n) is 10.4. The van der Waals surface area contributed by atoms with E-state index in [1.807, 2.05) is 13.0 Å². The lowest BCUT2D eigenvalue weighted by atomic mass is 10.1. The molecule has 1 aromatic carbocycles. The highest BCUT2D eigenvalue weighted by molar-refractivity contribution is 6.34. The van der Waals surface area contributed by atoms with Crippen LogP contribution in [-0.4, -0.2) is 18.4 Å². The average Bonchev–Trinajstić information content (AvgIpc) is 2.56. The summed E-state index contributed by atoms with van der Waals surface area (Å²) in [5.74, 6) is -0.340. The van der Waals surface area contributed by atoms with Crippen LogP contribution in [0.4, 0.5) is 5.69 Å². The number of carbonyl (C=O) groups excluding carboxylic acids is 2. The van der Waals surface area contributed by atoms with Gasteiger partial charge >= 0.3 is 0 Å². The molecule has 0 radical (unpaired) electrons. The molecule has 0 spiro atoms. The number of para-hydroxylation sites is 1. The van der Waals surface area contributed by atoms with E-state index in [0.717, 1.165) is 17.7 Å². The molecule has 0 unspecified atom stereocenters. The number of fused-ring (bicyclic) bond motifs is 1. The van der Waals surface area contributed by atoms with E-state index in [0.29, 0.717) is 11.6 Å². The van der Waals surface area contributed by atoms with E-state index in [4.69, 9.17) is 11.6 Å². The summed E-state index contributed by atoms with van der Waals surface area (Å²) >= 11 is 6.16. The lowest BCUT2D eigenvalue weighted by molar-refractivity contribution is -0.126. The first kappa shape index (κ1) is 12.9.